The van der Waals surface area contributed by atoms with Crippen LogP contribution in [0.4, 0.5) is 0 Å². The van der Waals surface area contributed by atoms with Gasteiger partial charge < -0.3 is 34.1 Å². The summed E-state index contributed by atoms with van der Waals surface area (Å²) in [4.78, 5) is 27.4. The van der Waals surface area contributed by atoms with Gasteiger partial charge in [0, 0.05) is 29.3 Å². The summed E-state index contributed by atoms with van der Waals surface area (Å²) >= 11 is 0. The summed E-state index contributed by atoms with van der Waals surface area (Å²) < 4.78 is 27.6. The number of ketones is 1. The van der Waals surface area contributed by atoms with E-state index in [1.165, 1.54) is 6.07 Å². The molecule has 0 fully saturated rings. The molecule has 4 rings (SSSR count). The zero-order chi connectivity index (χ0) is 29.7. The summed E-state index contributed by atoms with van der Waals surface area (Å²) in [5, 5.41) is 13.7. The number of ether oxygens (including phenoxy) is 5. The SMILES string of the molecule is CCOc1cc([C@H]2C(C(=O)OCCOC(C)C)=C(C)NC3=C2C(=O)C[C@H](c2ccc(OC)c(OC)c2)C3)ccc1O. The second-order valence-electron chi connectivity index (χ2n) is 10.3. The van der Waals surface area contributed by atoms with E-state index in [2.05, 4.69) is 5.32 Å². The molecule has 220 valence electrons. The fourth-order valence-corrected chi connectivity index (χ4v) is 5.46. The van der Waals surface area contributed by atoms with Crippen molar-refractivity contribution in [1.82, 2.24) is 5.32 Å². The molecule has 2 N–H and O–H groups in total. The number of dihydropyridines is 1. The Balaban J connectivity index is 1.73. The van der Waals surface area contributed by atoms with E-state index >= 15 is 0 Å². The zero-order valence-electron chi connectivity index (χ0n) is 24.5. The second kappa shape index (κ2) is 13.1. The van der Waals surface area contributed by atoms with E-state index in [4.69, 9.17) is 23.7 Å². The fourth-order valence-electron chi connectivity index (χ4n) is 5.46. The lowest BCUT2D eigenvalue weighted by molar-refractivity contribution is -0.141. The van der Waals surface area contributed by atoms with Gasteiger partial charge in [-0.15, -0.1) is 0 Å². The summed E-state index contributed by atoms with van der Waals surface area (Å²) in [6.07, 6.45) is 0.830. The number of rotatable bonds is 11. The molecule has 0 amide bonds. The standard InChI is InChI=1S/C32H39NO8/c1-7-39-27-17-21(8-10-24(27)34)30-29(32(36)41-13-12-40-18(2)3)19(4)33-23-14-22(15-25(35)31(23)30)20-9-11-26(37-5)28(16-20)38-6/h8-11,16-18,22,30,33-34H,7,12-15H2,1-6H3/t22-,30+/m1/s1. The monoisotopic (exact) mass is 565 g/mol. The lowest BCUT2D eigenvalue weighted by Crippen LogP contribution is -2.36. The van der Waals surface area contributed by atoms with Crippen LogP contribution in [0.2, 0.25) is 0 Å². The molecule has 0 unspecified atom stereocenters. The lowest BCUT2D eigenvalue weighted by Gasteiger charge is -2.37. The van der Waals surface area contributed by atoms with Gasteiger partial charge in [-0.25, -0.2) is 4.79 Å². The van der Waals surface area contributed by atoms with Crippen molar-refractivity contribution < 1.29 is 38.4 Å². The first kappa shape index (κ1) is 30.0. The number of phenolic OH excluding ortho intramolecular Hbond substituents is 1. The molecular formula is C32H39NO8. The van der Waals surface area contributed by atoms with E-state index in [1.807, 2.05) is 45.9 Å². The molecule has 0 bridgehead atoms. The highest BCUT2D eigenvalue weighted by molar-refractivity contribution is 6.04. The molecule has 1 aliphatic heterocycles. The Morgan fingerprint density at radius 2 is 1.71 bits per heavy atom. The summed E-state index contributed by atoms with van der Waals surface area (Å²) in [6, 6.07) is 10.6. The maximum absolute atomic E-state index is 13.9. The average molecular weight is 566 g/mol. The van der Waals surface area contributed by atoms with Crippen molar-refractivity contribution in [2.24, 2.45) is 0 Å². The highest BCUT2D eigenvalue weighted by Gasteiger charge is 2.41. The number of esters is 1. The Bertz CT molecular complexity index is 1360. The van der Waals surface area contributed by atoms with Crippen molar-refractivity contribution >= 4 is 11.8 Å². The third kappa shape index (κ3) is 6.51. The van der Waals surface area contributed by atoms with E-state index in [9.17, 15) is 14.7 Å². The quantitative estimate of drug-likeness (QED) is 0.283. The molecule has 41 heavy (non-hydrogen) atoms. The molecule has 2 aromatic carbocycles. The van der Waals surface area contributed by atoms with Gasteiger partial charge in [-0.1, -0.05) is 12.1 Å². The Kier molecular flexibility index (Phi) is 9.60. The van der Waals surface area contributed by atoms with E-state index in [0.717, 1.165) is 11.3 Å². The molecule has 0 saturated heterocycles. The van der Waals surface area contributed by atoms with E-state index in [-0.39, 0.29) is 48.9 Å². The van der Waals surface area contributed by atoms with Crippen LogP contribution in [0, 0.1) is 0 Å². The number of hydrogen-bond acceptors (Lipinski definition) is 9. The number of benzene rings is 2. The van der Waals surface area contributed by atoms with Crippen molar-refractivity contribution in [3.8, 4) is 23.0 Å². The fraction of sp³-hybridized carbons (Fsp3) is 0.438. The first-order valence-electron chi connectivity index (χ1n) is 13.9. The topological polar surface area (TPSA) is 113 Å². The molecule has 2 atom stereocenters. The van der Waals surface area contributed by atoms with Crippen molar-refractivity contribution in [2.75, 3.05) is 34.0 Å². The Morgan fingerprint density at radius 1 is 1.00 bits per heavy atom. The van der Waals surface area contributed by atoms with Crippen LogP contribution in [-0.2, 0) is 19.1 Å². The summed E-state index contributed by atoms with van der Waals surface area (Å²) in [5.41, 5.74) is 3.85. The van der Waals surface area contributed by atoms with Crippen LogP contribution in [0.25, 0.3) is 0 Å². The van der Waals surface area contributed by atoms with Gasteiger partial charge in [0.1, 0.15) is 6.61 Å². The molecule has 0 aromatic heterocycles. The van der Waals surface area contributed by atoms with Crippen LogP contribution in [-0.4, -0.2) is 57.0 Å². The van der Waals surface area contributed by atoms with Crippen LogP contribution >= 0.6 is 0 Å². The average Bonchev–Trinajstić information content (AvgIpc) is 2.95. The first-order valence-corrected chi connectivity index (χ1v) is 13.9. The molecular weight excluding hydrogens is 526 g/mol. The number of allylic oxidation sites excluding steroid dienone is 3. The maximum atomic E-state index is 13.9. The smallest absolute Gasteiger partial charge is 0.336 e. The minimum Gasteiger partial charge on any atom is -0.504 e. The third-order valence-electron chi connectivity index (χ3n) is 7.31. The van der Waals surface area contributed by atoms with Gasteiger partial charge in [0.25, 0.3) is 0 Å². The van der Waals surface area contributed by atoms with Crippen LogP contribution in [0.15, 0.2) is 58.9 Å². The minimum absolute atomic E-state index is 0.0129. The number of carbonyl (C=O) groups excluding carboxylic acids is 2. The lowest BCUT2D eigenvalue weighted by atomic mass is 9.71. The Hall–Kier alpha value is -3.98. The molecule has 2 aliphatic rings. The summed E-state index contributed by atoms with van der Waals surface area (Å²) in [7, 11) is 3.17. The third-order valence-corrected chi connectivity index (χ3v) is 7.31. The molecule has 0 spiro atoms. The van der Waals surface area contributed by atoms with E-state index < -0.39 is 11.9 Å². The van der Waals surface area contributed by atoms with Gasteiger partial charge in [0.15, 0.2) is 28.8 Å². The molecule has 1 heterocycles. The van der Waals surface area contributed by atoms with Crippen molar-refractivity contribution in [3.63, 3.8) is 0 Å². The molecule has 1 aliphatic carbocycles. The van der Waals surface area contributed by atoms with Gasteiger partial charge in [-0.05, 0) is 75.4 Å². The van der Waals surface area contributed by atoms with Crippen molar-refractivity contribution in [3.05, 3.63) is 70.1 Å². The number of Topliss-reactive ketones (excluding diaryl/α,β-unsaturated/α-hetero) is 1. The van der Waals surface area contributed by atoms with Gasteiger partial charge in [-0.3, -0.25) is 4.79 Å². The van der Waals surface area contributed by atoms with Crippen LogP contribution < -0.4 is 19.5 Å². The van der Waals surface area contributed by atoms with Crippen molar-refractivity contribution in [2.45, 2.75) is 58.5 Å². The van der Waals surface area contributed by atoms with Crippen LogP contribution in [0.3, 0.4) is 0 Å². The normalized spacial score (nSPS) is 18.7. The van der Waals surface area contributed by atoms with Crippen molar-refractivity contribution in [1.29, 1.82) is 0 Å². The predicted octanol–water partition coefficient (Wildman–Crippen LogP) is 5.14. The number of methoxy groups -OCH3 is 2. The molecule has 9 heteroatoms. The highest BCUT2D eigenvalue weighted by atomic mass is 16.6. The van der Waals surface area contributed by atoms with Gasteiger partial charge >= 0.3 is 5.97 Å². The Morgan fingerprint density at radius 3 is 2.39 bits per heavy atom. The Labute approximate surface area is 241 Å². The number of carbonyl (C=O) groups is 2. The molecule has 0 saturated carbocycles. The molecule has 0 radical (unpaired) electrons. The zero-order valence-corrected chi connectivity index (χ0v) is 24.5. The number of hydrogen-bond donors (Lipinski definition) is 2. The largest absolute Gasteiger partial charge is 0.504 e. The molecule has 2 aromatic rings. The van der Waals surface area contributed by atoms with Gasteiger partial charge in [-0.2, -0.15) is 0 Å². The van der Waals surface area contributed by atoms with E-state index in [1.54, 1.807) is 26.4 Å². The summed E-state index contributed by atoms with van der Waals surface area (Å²) in [5.74, 6) is 0.0982. The maximum Gasteiger partial charge on any atom is 0.336 e. The number of phenols is 1. The van der Waals surface area contributed by atoms with Gasteiger partial charge in [0.05, 0.1) is 39.1 Å². The van der Waals surface area contributed by atoms with Crippen LogP contribution in [0.5, 0.6) is 23.0 Å². The van der Waals surface area contributed by atoms with Gasteiger partial charge in [0.2, 0.25) is 0 Å². The number of aromatic hydroxyl groups is 1. The number of nitrogens with one attached hydrogen (secondary N) is 1. The minimum atomic E-state index is -0.691. The summed E-state index contributed by atoms with van der Waals surface area (Å²) in [6.45, 7) is 8.16. The predicted molar refractivity (Wildman–Crippen MR) is 153 cm³/mol. The highest BCUT2D eigenvalue weighted by Crippen LogP contribution is 2.47. The molecule has 9 nitrogen and oxygen atoms in total. The van der Waals surface area contributed by atoms with Crippen LogP contribution in [0.1, 0.15) is 63.5 Å². The van der Waals surface area contributed by atoms with E-state index in [0.29, 0.717) is 46.9 Å². The second-order valence-corrected chi connectivity index (χ2v) is 10.3. The first-order chi connectivity index (χ1) is 19.7.